The van der Waals surface area contributed by atoms with Gasteiger partial charge in [0.15, 0.2) is 5.96 Å². The first-order chi connectivity index (χ1) is 14.2. The van der Waals surface area contributed by atoms with Crippen LogP contribution in [0, 0.1) is 0 Å². The predicted molar refractivity (Wildman–Crippen MR) is 113 cm³/mol. The van der Waals surface area contributed by atoms with E-state index in [4.69, 9.17) is 19.2 Å². The highest BCUT2D eigenvalue weighted by atomic mass is 16.5. The molecule has 0 radical (unpaired) electrons. The molecule has 1 unspecified atom stereocenters. The van der Waals surface area contributed by atoms with Gasteiger partial charge >= 0.3 is 0 Å². The summed E-state index contributed by atoms with van der Waals surface area (Å²) in [5.74, 6) is 2.59. The topological polar surface area (TPSA) is 73.1 Å². The Hall–Kier alpha value is -2.74. The summed E-state index contributed by atoms with van der Waals surface area (Å²) >= 11 is 0. The Morgan fingerprint density at radius 3 is 2.79 bits per heavy atom. The molecule has 0 amide bonds. The molecule has 3 rings (SSSR count). The molecule has 1 saturated heterocycles. The number of morpholine rings is 1. The van der Waals surface area contributed by atoms with Crippen LogP contribution in [0.25, 0.3) is 0 Å². The van der Waals surface area contributed by atoms with Gasteiger partial charge in [0, 0.05) is 44.9 Å². The zero-order valence-electron chi connectivity index (χ0n) is 17.5. The van der Waals surface area contributed by atoms with E-state index in [1.165, 1.54) is 0 Å². The van der Waals surface area contributed by atoms with Crippen LogP contribution in [-0.4, -0.2) is 67.1 Å². The van der Waals surface area contributed by atoms with Gasteiger partial charge in [0.1, 0.15) is 17.6 Å². The van der Waals surface area contributed by atoms with Crippen molar-refractivity contribution >= 4 is 5.96 Å². The zero-order valence-corrected chi connectivity index (χ0v) is 17.5. The average Bonchev–Trinajstić information content (AvgIpc) is 3.19. The largest absolute Gasteiger partial charge is 0.497 e. The molecule has 1 aromatic heterocycles. The smallest absolute Gasteiger partial charge is 0.194 e. The van der Waals surface area contributed by atoms with Crippen molar-refractivity contribution in [2.45, 2.75) is 19.4 Å². The zero-order chi connectivity index (χ0) is 20.5. The van der Waals surface area contributed by atoms with Crippen molar-refractivity contribution in [3.05, 3.63) is 42.2 Å². The highest BCUT2D eigenvalue weighted by Gasteiger charge is 2.25. The van der Waals surface area contributed by atoms with Crippen LogP contribution in [0.1, 0.15) is 25.0 Å². The third kappa shape index (κ3) is 6.12. The molecule has 1 aliphatic heterocycles. The number of aryl methyl sites for hydroxylation is 1. The fraction of sp³-hybridized carbons (Fsp3) is 0.524. The van der Waals surface area contributed by atoms with E-state index in [2.05, 4.69) is 22.2 Å². The first-order valence-electron chi connectivity index (χ1n) is 10.1. The van der Waals surface area contributed by atoms with Crippen LogP contribution in [0.3, 0.4) is 0 Å². The highest BCUT2D eigenvalue weighted by molar-refractivity contribution is 5.80. The molecule has 1 aliphatic rings. The molecule has 1 fully saturated rings. The number of aromatic nitrogens is 2. The van der Waals surface area contributed by atoms with Gasteiger partial charge in [-0.2, -0.15) is 5.10 Å². The van der Waals surface area contributed by atoms with Crippen LogP contribution in [0.2, 0.25) is 0 Å². The van der Waals surface area contributed by atoms with Crippen molar-refractivity contribution in [1.29, 1.82) is 0 Å². The second kappa shape index (κ2) is 10.7. The molecule has 0 saturated carbocycles. The van der Waals surface area contributed by atoms with Gasteiger partial charge in [-0.25, -0.2) is 0 Å². The first-order valence-corrected chi connectivity index (χ1v) is 10.1. The molecule has 29 heavy (non-hydrogen) atoms. The summed E-state index contributed by atoms with van der Waals surface area (Å²) in [5, 5.41) is 7.65. The van der Waals surface area contributed by atoms with Gasteiger partial charge < -0.3 is 24.4 Å². The predicted octanol–water partition coefficient (Wildman–Crippen LogP) is 2.24. The maximum absolute atomic E-state index is 5.94. The molecule has 0 bridgehead atoms. The highest BCUT2D eigenvalue weighted by Crippen LogP contribution is 2.21. The number of hydrogen-bond donors (Lipinski definition) is 1. The standard InChI is InChI=1S/C21H31N5O3/c1-4-22-21(23-10-5-12-28-19-8-6-18(27-3)7-9-19)26-11-13-29-20(16-26)17-14-24-25(2)15-17/h6-9,14-15,20H,4-5,10-13,16H2,1-3H3,(H,22,23). The van der Waals surface area contributed by atoms with Crippen molar-refractivity contribution < 1.29 is 14.2 Å². The minimum absolute atomic E-state index is 0.0136. The molecule has 1 N–H and O–H groups in total. The van der Waals surface area contributed by atoms with Crippen molar-refractivity contribution in [3.8, 4) is 11.5 Å². The lowest BCUT2D eigenvalue weighted by atomic mass is 10.1. The van der Waals surface area contributed by atoms with Crippen LogP contribution in [0.15, 0.2) is 41.7 Å². The summed E-state index contributed by atoms with van der Waals surface area (Å²) < 4.78 is 18.7. The lowest BCUT2D eigenvalue weighted by Gasteiger charge is -2.34. The number of guanidine groups is 1. The molecule has 1 atom stereocenters. The molecule has 1 aromatic carbocycles. The van der Waals surface area contributed by atoms with Gasteiger partial charge in [-0.1, -0.05) is 0 Å². The van der Waals surface area contributed by atoms with E-state index in [1.807, 2.05) is 43.7 Å². The fourth-order valence-corrected chi connectivity index (χ4v) is 3.19. The van der Waals surface area contributed by atoms with Crippen LogP contribution in [-0.2, 0) is 11.8 Å². The number of nitrogens with zero attached hydrogens (tertiary/aromatic N) is 4. The lowest BCUT2D eigenvalue weighted by molar-refractivity contribution is -0.00804. The number of hydrogen-bond acceptors (Lipinski definition) is 5. The van der Waals surface area contributed by atoms with Crippen LogP contribution < -0.4 is 14.8 Å². The van der Waals surface area contributed by atoms with E-state index in [0.29, 0.717) is 19.8 Å². The number of nitrogens with one attached hydrogen (secondary N) is 1. The van der Waals surface area contributed by atoms with E-state index < -0.39 is 0 Å². The molecule has 8 heteroatoms. The van der Waals surface area contributed by atoms with E-state index in [0.717, 1.165) is 49.1 Å². The monoisotopic (exact) mass is 401 g/mol. The van der Waals surface area contributed by atoms with E-state index in [1.54, 1.807) is 11.8 Å². The molecular weight excluding hydrogens is 370 g/mol. The summed E-state index contributed by atoms with van der Waals surface area (Å²) in [5.41, 5.74) is 1.10. The van der Waals surface area contributed by atoms with Gasteiger partial charge in [-0.3, -0.25) is 9.67 Å². The minimum atomic E-state index is 0.0136. The van der Waals surface area contributed by atoms with E-state index >= 15 is 0 Å². The Morgan fingerprint density at radius 2 is 2.10 bits per heavy atom. The molecule has 0 spiro atoms. The van der Waals surface area contributed by atoms with E-state index in [9.17, 15) is 0 Å². The fourth-order valence-electron chi connectivity index (χ4n) is 3.19. The Kier molecular flexibility index (Phi) is 7.75. The van der Waals surface area contributed by atoms with Crippen molar-refractivity contribution in [1.82, 2.24) is 20.0 Å². The Bertz CT molecular complexity index is 775. The molecule has 158 valence electrons. The lowest BCUT2D eigenvalue weighted by Crippen LogP contribution is -2.48. The second-order valence-corrected chi connectivity index (χ2v) is 6.87. The SMILES string of the molecule is CCNC(=NCCCOc1ccc(OC)cc1)N1CCOC(c2cnn(C)c2)C1. The number of aliphatic imine (C=N–C) groups is 1. The van der Waals surface area contributed by atoms with Gasteiger partial charge in [-0.15, -0.1) is 0 Å². The summed E-state index contributed by atoms with van der Waals surface area (Å²) in [6.07, 6.45) is 4.74. The van der Waals surface area contributed by atoms with Gasteiger partial charge in [0.2, 0.25) is 0 Å². The van der Waals surface area contributed by atoms with Gasteiger partial charge in [-0.05, 0) is 31.2 Å². The summed E-state index contributed by atoms with van der Waals surface area (Å²) in [6, 6.07) is 7.62. The first kappa shape index (κ1) is 21.0. The van der Waals surface area contributed by atoms with Crippen LogP contribution in [0.4, 0.5) is 0 Å². The van der Waals surface area contributed by atoms with Crippen molar-refractivity contribution in [3.63, 3.8) is 0 Å². The maximum atomic E-state index is 5.94. The summed E-state index contributed by atoms with van der Waals surface area (Å²) in [7, 11) is 3.58. The number of ether oxygens (including phenoxy) is 3. The summed E-state index contributed by atoms with van der Waals surface area (Å²) in [4.78, 5) is 7.04. The molecule has 2 aromatic rings. The molecular formula is C21H31N5O3. The Balaban J connectivity index is 1.49. The average molecular weight is 402 g/mol. The van der Waals surface area contributed by atoms with E-state index in [-0.39, 0.29) is 6.10 Å². The number of benzene rings is 1. The summed E-state index contributed by atoms with van der Waals surface area (Å²) in [6.45, 7) is 6.50. The number of methoxy groups -OCH3 is 1. The Labute approximate surface area is 172 Å². The van der Waals surface area contributed by atoms with Gasteiger partial charge in [0.25, 0.3) is 0 Å². The molecule has 2 heterocycles. The van der Waals surface area contributed by atoms with Crippen LogP contribution in [0.5, 0.6) is 11.5 Å². The third-order valence-corrected chi connectivity index (χ3v) is 4.69. The second-order valence-electron chi connectivity index (χ2n) is 6.87. The molecule has 0 aliphatic carbocycles. The molecule has 8 nitrogen and oxygen atoms in total. The third-order valence-electron chi connectivity index (χ3n) is 4.69. The quantitative estimate of drug-likeness (QED) is 0.415. The van der Waals surface area contributed by atoms with Crippen molar-refractivity contribution in [2.24, 2.45) is 12.0 Å². The van der Waals surface area contributed by atoms with Gasteiger partial charge in [0.05, 0.1) is 33.1 Å². The maximum Gasteiger partial charge on any atom is 0.194 e. The minimum Gasteiger partial charge on any atom is -0.497 e. The van der Waals surface area contributed by atoms with Crippen molar-refractivity contribution in [2.75, 3.05) is 46.5 Å². The Morgan fingerprint density at radius 1 is 1.31 bits per heavy atom. The number of rotatable bonds is 8. The van der Waals surface area contributed by atoms with Crippen LogP contribution >= 0.6 is 0 Å². The normalized spacial score (nSPS) is 17.3.